The molecule has 0 saturated heterocycles. The number of hydrogen-bond acceptors (Lipinski definition) is 8. The Hall–Kier alpha value is -2.53. The number of ether oxygens (including phenoxy) is 1. The highest BCUT2D eigenvalue weighted by atomic mass is 16.6. The van der Waals surface area contributed by atoms with Gasteiger partial charge in [0.05, 0.1) is 26.2 Å². The topological polar surface area (TPSA) is 173 Å². The van der Waals surface area contributed by atoms with Crippen LogP contribution < -0.4 is 11.5 Å². The Morgan fingerprint density at radius 1 is 1.00 bits per heavy atom. The summed E-state index contributed by atoms with van der Waals surface area (Å²) in [7, 11) is 0. The number of nitrogens with zero attached hydrogens (tertiary/aromatic N) is 2. The molecule has 24 heavy (non-hydrogen) atoms. The van der Waals surface area contributed by atoms with Gasteiger partial charge in [0.2, 0.25) is 11.8 Å². The van der Waals surface area contributed by atoms with Crippen molar-refractivity contribution in [2.45, 2.75) is 19.9 Å². The fraction of sp³-hybridized carbons (Fsp3) is 0.615. The third kappa shape index (κ3) is 10.2. The zero-order valence-corrected chi connectivity index (χ0v) is 13.6. The lowest BCUT2D eigenvalue weighted by molar-refractivity contribution is -0.159. The summed E-state index contributed by atoms with van der Waals surface area (Å²) >= 11 is 0. The molecule has 0 saturated carbocycles. The molecule has 11 nitrogen and oxygen atoms in total. The second-order valence-corrected chi connectivity index (χ2v) is 5.22. The van der Waals surface area contributed by atoms with E-state index < -0.39 is 48.9 Å². The quantitative estimate of drug-likeness (QED) is 0.262. The molecule has 0 aromatic carbocycles. The Kier molecular flexibility index (Phi) is 9.20. The van der Waals surface area contributed by atoms with Crippen LogP contribution in [-0.2, 0) is 28.7 Å². The number of carbonyl (C=O) groups is 5. The number of esters is 2. The summed E-state index contributed by atoms with van der Waals surface area (Å²) in [5.74, 6) is -4.29. The van der Waals surface area contributed by atoms with E-state index >= 15 is 0 Å². The van der Waals surface area contributed by atoms with Crippen molar-refractivity contribution in [2.24, 2.45) is 11.5 Å². The van der Waals surface area contributed by atoms with E-state index in [-0.39, 0.29) is 19.6 Å². The highest BCUT2D eigenvalue weighted by Gasteiger charge is 2.23. The first-order chi connectivity index (χ1) is 11.0. The van der Waals surface area contributed by atoms with Gasteiger partial charge in [0.25, 0.3) is 0 Å². The number of aliphatic carboxylic acids is 1. The summed E-state index contributed by atoms with van der Waals surface area (Å²) in [6.45, 7) is 1.20. The van der Waals surface area contributed by atoms with Crippen LogP contribution >= 0.6 is 0 Å². The van der Waals surface area contributed by atoms with Gasteiger partial charge in [-0.15, -0.1) is 0 Å². The van der Waals surface area contributed by atoms with E-state index in [9.17, 15) is 24.0 Å². The summed E-state index contributed by atoms with van der Waals surface area (Å²) < 4.78 is 4.38. The van der Waals surface area contributed by atoms with Gasteiger partial charge >= 0.3 is 17.9 Å². The van der Waals surface area contributed by atoms with E-state index in [4.69, 9.17) is 16.6 Å². The maximum Gasteiger partial charge on any atom is 0.327 e. The summed E-state index contributed by atoms with van der Waals surface area (Å²) in [6.07, 6.45) is 0. The zero-order chi connectivity index (χ0) is 18.9. The van der Waals surface area contributed by atoms with Gasteiger partial charge in [-0.2, -0.15) is 0 Å². The van der Waals surface area contributed by atoms with Crippen LogP contribution in [-0.4, -0.2) is 83.4 Å². The fourth-order valence-electron chi connectivity index (χ4n) is 2.01. The van der Waals surface area contributed by atoms with Crippen LogP contribution in [0.25, 0.3) is 0 Å². The van der Waals surface area contributed by atoms with Gasteiger partial charge in [-0.25, -0.2) is 0 Å². The fourth-order valence-corrected chi connectivity index (χ4v) is 2.01. The van der Waals surface area contributed by atoms with Crippen molar-refractivity contribution in [1.82, 2.24) is 9.80 Å². The maximum absolute atomic E-state index is 11.5. The van der Waals surface area contributed by atoms with Crippen molar-refractivity contribution < 1.29 is 33.8 Å². The molecule has 0 rings (SSSR count). The number of carboxylic acids is 1. The molecule has 136 valence electrons. The van der Waals surface area contributed by atoms with Crippen LogP contribution in [0, 0.1) is 0 Å². The molecule has 0 spiro atoms. The van der Waals surface area contributed by atoms with Crippen molar-refractivity contribution in [2.75, 3.05) is 32.7 Å². The van der Waals surface area contributed by atoms with Crippen LogP contribution in [0.3, 0.4) is 0 Å². The molecule has 0 fully saturated rings. The Labute approximate surface area is 138 Å². The van der Waals surface area contributed by atoms with Gasteiger partial charge in [0.1, 0.15) is 0 Å². The van der Waals surface area contributed by atoms with Crippen LogP contribution in [0.2, 0.25) is 0 Å². The number of primary amides is 2. The molecule has 2 amide bonds. The third-order valence-corrected chi connectivity index (χ3v) is 2.83. The lowest BCUT2D eigenvalue weighted by Gasteiger charge is -2.30. The second-order valence-electron chi connectivity index (χ2n) is 5.22. The zero-order valence-electron chi connectivity index (χ0n) is 13.6. The van der Waals surface area contributed by atoms with Crippen LogP contribution in [0.5, 0.6) is 0 Å². The molecule has 0 aliphatic rings. The molecule has 0 aliphatic heterocycles. The molecule has 1 atom stereocenters. The van der Waals surface area contributed by atoms with Crippen LogP contribution in [0.15, 0.2) is 0 Å². The van der Waals surface area contributed by atoms with E-state index in [1.807, 2.05) is 0 Å². The Morgan fingerprint density at radius 3 is 1.96 bits per heavy atom. The largest absolute Gasteiger partial charge is 0.480 e. The minimum absolute atomic E-state index is 0.0243. The Morgan fingerprint density at radius 2 is 1.54 bits per heavy atom. The summed E-state index contributed by atoms with van der Waals surface area (Å²) in [4.78, 5) is 57.9. The standard InChI is InChI=1S/C13H22N4O7/c1-8(17(5-11(15)20)6-12(21)22)3-16(4-10(14)19)7-13(23)24-9(2)18/h8H,3-7H2,1-2H3,(H2,14,19)(H2,15,20)(H,21,22)/t8-/m0/s1. The average molecular weight is 346 g/mol. The number of rotatable bonds is 11. The van der Waals surface area contributed by atoms with E-state index in [0.29, 0.717) is 0 Å². The highest BCUT2D eigenvalue weighted by Crippen LogP contribution is 2.03. The predicted octanol–water partition coefficient (Wildman–Crippen LogP) is -2.88. The highest BCUT2D eigenvalue weighted by molar-refractivity contribution is 5.85. The summed E-state index contributed by atoms with van der Waals surface area (Å²) in [6, 6.07) is -0.543. The molecule has 0 aromatic heterocycles. The van der Waals surface area contributed by atoms with E-state index in [0.717, 1.165) is 6.92 Å². The molecule has 0 unspecified atom stereocenters. The molecule has 0 radical (unpaired) electrons. The van der Waals surface area contributed by atoms with Gasteiger partial charge in [0, 0.05) is 19.5 Å². The first-order valence-corrected chi connectivity index (χ1v) is 6.97. The number of carboxylic acid groups (broad SMARTS) is 1. The van der Waals surface area contributed by atoms with Gasteiger partial charge in [-0.05, 0) is 6.92 Å². The number of carbonyl (C=O) groups excluding carboxylic acids is 4. The van der Waals surface area contributed by atoms with Gasteiger partial charge in [-0.3, -0.25) is 33.8 Å². The molecular weight excluding hydrogens is 324 g/mol. The monoisotopic (exact) mass is 346 g/mol. The van der Waals surface area contributed by atoms with Crippen LogP contribution in [0.1, 0.15) is 13.8 Å². The smallest absolute Gasteiger partial charge is 0.327 e. The third-order valence-electron chi connectivity index (χ3n) is 2.83. The van der Waals surface area contributed by atoms with E-state index in [1.165, 1.54) is 9.80 Å². The Balaban J connectivity index is 4.96. The first-order valence-electron chi connectivity index (χ1n) is 6.97. The van der Waals surface area contributed by atoms with Crippen molar-refractivity contribution >= 4 is 29.7 Å². The minimum Gasteiger partial charge on any atom is -0.480 e. The average Bonchev–Trinajstić information content (AvgIpc) is 2.34. The normalized spacial score (nSPS) is 12.0. The molecule has 0 heterocycles. The maximum atomic E-state index is 11.5. The lowest BCUT2D eigenvalue weighted by Crippen LogP contribution is -2.50. The summed E-state index contributed by atoms with van der Waals surface area (Å²) in [5.41, 5.74) is 10.2. The van der Waals surface area contributed by atoms with Crippen molar-refractivity contribution in [3.8, 4) is 0 Å². The van der Waals surface area contributed by atoms with Gasteiger partial charge in [0.15, 0.2) is 0 Å². The van der Waals surface area contributed by atoms with E-state index in [1.54, 1.807) is 6.92 Å². The SMILES string of the molecule is CC(=O)OC(=O)CN(CC(N)=O)C[C@H](C)N(CC(N)=O)CC(=O)O. The molecular formula is C13H22N4O7. The van der Waals surface area contributed by atoms with Crippen LogP contribution in [0.4, 0.5) is 0 Å². The first kappa shape index (κ1) is 21.5. The number of nitrogens with two attached hydrogens (primary N) is 2. The summed E-state index contributed by atoms with van der Waals surface area (Å²) in [5, 5.41) is 8.88. The van der Waals surface area contributed by atoms with Gasteiger partial charge in [-0.1, -0.05) is 0 Å². The molecule has 0 bridgehead atoms. The molecule has 11 heteroatoms. The number of amides is 2. The lowest BCUT2D eigenvalue weighted by atomic mass is 10.2. The van der Waals surface area contributed by atoms with Gasteiger partial charge < -0.3 is 21.3 Å². The van der Waals surface area contributed by atoms with Crippen molar-refractivity contribution in [1.29, 1.82) is 0 Å². The minimum atomic E-state index is -1.17. The van der Waals surface area contributed by atoms with Crippen molar-refractivity contribution in [3.05, 3.63) is 0 Å². The molecule has 0 aromatic rings. The van der Waals surface area contributed by atoms with E-state index in [2.05, 4.69) is 4.74 Å². The Bertz CT molecular complexity index is 493. The second kappa shape index (κ2) is 10.3. The molecule has 5 N–H and O–H groups in total. The predicted molar refractivity (Wildman–Crippen MR) is 80.3 cm³/mol. The van der Waals surface area contributed by atoms with Crippen molar-refractivity contribution in [3.63, 3.8) is 0 Å². The molecule has 0 aliphatic carbocycles. The number of hydrogen-bond donors (Lipinski definition) is 3.